The zero-order valence-corrected chi connectivity index (χ0v) is 9.95. The summed E-state index contributed by atoms with van der Waals surface area (Å²) in [5.74, 6) is 0.0228. The molecule has 0 saturated carbocycles. The summed E-state index contributed by atoms with van der Waals surface area (Å²) in [5.41, 5.74) is 6.89. The molecule has 0 saturated heterocycles. The lowest BCUT2D eigenvalue weighted by atomic mass is 10.2. The van der Waals surface area contributed by atoms with Gasteiger partial charge < -0.3 is 10.8 Å². The lowest BCUT2D eigenvalue weighted by Gasteiger charge is -2.08. The predicted molar refractivity (Wildman–Crippen MR) is 73.4 cm³/mol. The molecule has 1 heterocycles. The predicted octanol–water partition coefficient (Wildman–Crippen LogP) is 1.67. The van der Waals surface area contributed by atoms with Gasteiger partial charge in [-0.3, -0.25) is 9.36 Å². The highest BCUT2D eigenvalue weighted by Crippen LogP contribution is 2.20. The van der Waals surface area contributed by atoms with Crippen LogP contribution in [-0.2, 0) is 0 Å². The van der Waals surface area contributed by atoms with Gasteiger partial charge in [-0.15, -0.1) is 0 Å². The third kappa shape index (κ3) is 1.81. The molecular weight excluding hydrogens is 242 g/mol. The molecule has 0 fully saturated rings. The summed E-state index contributed by atoms with van der Waals surface area (Å²) in [6, 6.07) is 11.6. The molecule has 0 atom stereocenters. The van der Waals surface area contributed by atoms with Crippen molar-refractivity contribution in [3.05, 3.63) is 59.1 Å². The van der Waals surface area contributed by atoms with Gasteiger partial charge in [0.25, 0.3) is 5.56 Å². The Morgan fingerprint density at radius 3 is 2.74 bits per heavy atom. The van der Waals surface area contributed by atoms with Crippen LogP contribution in [0.2, 0.25) is 0 Å². The molecule has 94 valence electrons. The van der Waals surface area contributed by atoms with E-state index < -0.39 is 0 Å². The molecule has 3 N–H and O–H groups in total. The number of benzene rings is 2. The van der Waals surface area contributed by atoms with E-state index in [4.69, 9.17) is 5.73 Å². The van der Waals surface area contributed by atoms with Crippen molar-refractivity contribution in [3.63, 3.8) is 0 Å². The number of nitrogens with zero attached hydrogens (tertiary/aromatic N) is 2. The summed E-state index contributed by atoms with van der Waals surface area (Å²) in [4.78, 5) is 16.6. The van der Waals surface area contributed by atoms with Crippen molar-refractivity contribution in [2.75, 3.05) is 5.73 Å². The van der Waals surface area contributed by atoms with E-state index in [1.54, 1.807) is 36.4 Å². The summed E-state index contributed by atoms with van der Waals surface area (Å²) in [6.07, 6.45) is 1.40. The SMILES string of the molecule is Nc1ccc2ncn(-c3ccccc3O)c(=O)c2c1. The Kier molecular flexibility index (Phi) is 2.45. The van der Waals surface area contributed by atoms with Crippen LogP contribution in [0.25, 0.3) is 16.6 Å². The average molecular weight is 253 g/mol. The molecule has 0 aliphatic rings. The molecular formula is C14H11N3O2. The lowest BCUT2D eigenvalue weighted by molar-refractivity contribution is 0.471. The second-order valence-electron chi connectivity index (χ2n) is 4.19. The maximum absolute atomic E-state index is 12.4. The zero-order chi connectivity index (χ0) is 13.4. The number of phenolic OH excluding ortho intramolecular Hbond substituents is 1. The van der Waals surface area contributed by atoms with Crippen LogP contribution in [0.5, 0.6) is 5.75 Å². The van der Waals surface area contributed by atoms with E-state index in [0.717, 1.165) is 0 Å². The normalized spacial score (nSPS) is 10.7. The summed E-state index contributed by atoms with van der Waals surface area (Å²) in [7, 11) is 0. The van der Waals surface area contributed by atoms with Gasteiger partial charge in [0.05, 0.1) is 16.6 Å². The molecule has 0 aliphatic carbocycles. The van der Waals surface area contributed by atoms with Gasteiger partial charge in [0.2, 0.25) is 0 Å². The average Bonchev–Trinajstić information content (AvgIpc) is 2.41. The number of para-hydroxylation sites is 2. The summed E-state index contributed by atoms with van der Waals surface area (Å²) in [5, 5.41) is 10.2. The van der Waals surface area contributed by atoms with Crippen molar-refractivity contribution >= 4 is 16.6 Å². The van der Waals surface area contributed by atoms with E-state index in [1.807, 2.05) is 0 Å². The van der Waals surface area contributed by atoms with Gasteiger partial charge in [-0.05, 0) is 30.3 Å². The summed E-state index contributed by atoms with van der Waals surface area (Å²) < 4.78 is 1.30. The monoisotopic (exact) mass is 253 g/mol. The van der Waals surface area contributed by atoms with Crippen LogP contribution in [0.4, 0.5) is 5.69 Å². The number of aromatic nitrogens is 2. The van der Waals surface area contributed by atoms with E-state index >= 15 is 0 Å². The standard InChI is InChI=1S/C14H11N3O2/c15-9-5-6-11-10(7-9)14(19)17(8-16-11)12-3-1-2-4-13(12)18/h1-8,18H,15H2. The molecule has 0 spiro atoms. The van der Waals surface area contributed by atoms with Crippen LogP contribution < -0.4 is 11.3 Å². The lowest BCUT2D eigenvalue weighted by Crippen LogP contribution is -2.19. The van der Waals surface area contributed by atoms with Gasteiger partial charge in [-0.2, -0.15) is 0 Å². The van der Waals surface area contributed by atoms with Crippen LogP contribution in [0.3, 0.4) is 0 Å². The minimum absolute atomic E-state index is 0.0228. The smallest absolute Gasteiger partial charge is 0.265 e. The van der Waals surface area contributed by atoms with Crippen molar-refractivity contribution in [1.82, 2.24) is 9.55 Å². The van der Waals surface area contributed by atoms with E-state index in [0.29, 0.717) is 22.3 Å². The quantitative estimate of drug-likeness (QED) is 0.646. The first-order valence-corrected chi connectivity index (χ1v) is 5.72. The topological polar surface area (TPSA) is 81.1 Å². The van der Waals surface area contributed by atoms with Crippen LogP contribution in [0, 0.1) is 0 Å². The highest BCUT2D eigenvalue weighted by Gasteiger charge is 2.08. The molecule has 0 radical (unpaired) electrons. The first kappa shape index (κ1) is 11.3. The molecule has 0 aliphatic heterocycles. The van der Waals surface area contributed by atoms with Crippen LogP contribution in [0.15, 0.2) is 53.6 Å². The molecule has 19 heavy (non-hydrogen) atoms. The van der Waals surface area contributed by atoms with Crippen LogP contribution in [-0.4, -0.2) is 14.7 Å². The number of hydrogen-bond donors (Lipinski definition) is 2. The Bertz CT molecular complexity index is 824. The van der Waals surface area contributed by atoms with Crippen molar-refractivity contribution in [2.24, 2.45) is 0 Å². The van der Waals surface area contributed by atoms with Gasteiger partial charge in [0.1, 0.15) is 12.1 Å². The van der Waals surface area contributed by atoms with Gasteiger partial charge >= 0.3 is 0 Å². The van der Waals surface area contributed by atoms with Crippen LogP contribution >= 0.6 is 0 Å². The molecule has 5 heteroatoms. The molecule has 0 unspecified atom stereocenters. The minimum atomic E-state index is -0.265. The first-order chi connectivity index (χ1) is 9.16. The van der Waals surface area contributed by atoms with Crippen molar-refractivity contribution < 1.29 is 5.11 Å². The fraction of sp³-hybridized carbons (Fsp3) is 0. The third-order valence-electron chi connectivity index (χ3n) is 2.92. The number of fused-ring (bicyclic) bond motifs is 1. The third-order valence-corrected chi connectivity index (χ3v) is 2.92. The second-order valence-corrected chi connectivity index (χ2v) is 4.19. The Hall–Kier alpha value is -2.82. The van der Waals surface area contributed by atoms with Crippen molar-refractivity contribution in [3.8, 4) is 11.4 Å². The minimum Gasteiger partial charge on any atom is -0.506 e. The Labute approximate surface area is 108 Å². The largest absolute Gasteiger partial charge is 0.506 e. The molecule has 1 aromatic heterocycles. The second kappa shape index (κ2) is 4.13. The Morgan fingerprint density at radius 2 is 1.95 bits per heavy atom. The van der Waals surface area contributed by atoms with Gasteiger partial charge in [-0.1, -0.05) is 12.1 Å². The molecule has 3 rings (SSSR count). The van der Waals surface area contributed by atoms with Gasteiger partial charge in [0, 0.05) is 5.69 Å². The van der Waals surface area contributed by atoms with Gasteiger partial charge in [0.15, 0.2) is 0 Å². The van der Waals surface area contributed by atoms with Crippen molar-refractivity contribution in [1.29, 1.82) is 0 Å². The molecule has 5 nitrogen and oxygen atoms in total. The molecule has 0 amide bonds. The molecule has 0 bridgehead atoms. The van der Waals surface area contributed by atoms with E-state index in [1.165, 1.54) is 17.0 Å². The Balaban J connectivity index is 2.35. The first-order valence-electron chi connectivity index (χ1n) is 5.72. The highest BCUT2D eigenvalue weighted by atomic mass is 16.3. The molecule has 3 aromatic rings. The maximum Gasteiger partial charge on any atom is 0.265 e. The number of anilines is 1. The van der Waals surface area contributed by atoms with Crippen molar-refractivity contribution in [2.45, 2.75) is 0 Å². The fourth-order valence-electron chi connectivity index (χ4n) is 1.98. The Morgan fingerprint density at radius 1 is 1.16 bits per heavy atom. The van der Waals surface area contributed by atoms with Crippen LogP contribution in [0.1, 0.15) is 0 Å². The van der Waals surface area contributed by atoms with E-state index in [2.05, 4.69) is 4.98 Å². The number of phenols is 1. The number of nitrogen functional groups attached to an aromatic ring is 1. The molecule has 2 aromatic carbocycles. The van der Waals surface area contributed by atoms with E-state index in [-0.39, 0.29) is 11.3 Å². The summed E-state index contributed by atoms with van der Waals surface area (Å²) >= 11 is 0. The number of rotatable bonds is 1. The number of nitrogens with two attached hydrogens (primary N) is 1. The fourth-order valence-corrected chi connectivity index (χ4v) is 1.98. The maximum atomic E-state index is 12.4. The van der Waals surface area contributed by atoms with E-state index in [9.17, 15) is 9.90 Å². The van der Waals surface area contributed by atoms with Gasteiger partial charge in [-0.25, -0.2) is 4.98 Å². The highest BCUT2D eigenvalue weighted by molar-refractivity contribution is 5.81. The number of hydrogen-bond acceptors (Lipinski definition) is 4. The zero-order valence-electron chi connectivity index (χ0n) is 9.95. The summed E-state index contributed by atoms with van der Waals surface area (Å²) in [6.45, 7) is 0. The number of aromatic hydroxyl groups is 1.